The van der Waals surface area contributed by atoms with Crippen LogP contribution in [0.3, 0.4) is 0 Å². The smallest absolute Gasteiger partial charge is 0.222 e. The van der Waals surface area contributed by atoms with Gasteiger partial charge in [0.25, 0.3) is 0 Å². The van der Waals surface area contributed by atoms with E-state index in [1.165, 1.54) is 0 Å². The maximum absolute atomic E-state index is 11.3. The van der Waals surface area contributed by atoms with Gasteiger partial charge in [-0.15, -0.1) is 0 Å². The van der Waals surface area contributed by atoms with Gasteiger partial charge < -0.3 is 10.6 Å². The predicted octanol–water partition coefficient (Wildman–Crippen LogP) is 0.982. The summed E-state index contributed by atoms with van der Waals surface area (Å²) in [5.74, 6) is 0.264. The Hall–Kier alpha value is -0.570. The maximum atomic E-state index is 11.3. The summed E-state index contributed by atoms with van der Waals surface area (Å²) in [4.78, 5) is 13.2. The third kappa shape index (κ3) is 2.69. The first-order valence-electron chi connectivity index (χ1n) is 4.94. The van der Waals surface area contributed by atoms with Crippen molar-refractivity contribution in [1.29, 1.82) is 0 Å². The lowest BCUT2D eigenvalue weighted by Crippen LogP contribution is -2.45. The van der Waals surface area contributed by atoms with Crippen LogP contribution in [0, 0.1) is 5.41 Å². The molecule has 1 rings (SSSR count). The van der Waals surface area contributed by atoms with Crippen LogP contribution < -0.4 is 5.73 Å². The molecule has 0 aromatic rings. The average molecular weight is 184 g/mol. The molecular formula is C10H20N2O. The van der Waals surface area contributed by atoms with Crippen LogP contribution in [0.15, 0.2) is 0 Å². The number of carbonyl (C=O) groups excluding carboxylic acids is 1. The molecule has 0 saturated carbocycles. The van der Waals surface area contributed by atoms with Crippen LogP contribution in [0.2, 0.25) is 0 Å². The largest absolute Gasteiger partial charge is 0.341 e. The first-order chi connectivity index (χ1) is 5.91. The molecule has 76 valence electrons. The van der Waals surface area contributed by atoms with Crippen molar-refractivity contribution in [2.75, 3.05) is 13.1 Å². The molecule has 0 aromatic carbocycles. The fourth-order valence-electron chi connectivity index (χ4n) is 1.41. The van der Waals surface area contributed by atoms with Crippen molar-refractivity contribution in [1.82, 2.24) is 4.90 Å². The first kappa shape index (κ1) is 10.5. The van der Waals surface area contributed by atoms with Gasteiger partial charge in [-0.05, 0) is 11.8 Å². The third-order valence-electron chi connectivity index (χ3n) is 2.70. The van der Waals surface area contributed by atoms with Gasteiger partial charge >= 0.3 is 0 Å². The zero-order valence-electron chi connectivity index (χ0n) is 8.84. The number of rotatable bonds is 2. The molecule has 1 heterocycles. The molecule has 1 aliphatic rings. The Kier molecular flexibility index (Phi) is 2.96. The van der Waals surface area contributed by atoms with E-state index >= 15 is 0 Å². The number of likely N-dealkylation sites (tertiary alicyclic amines) is 1. The molecule has 0 bridgehead atoms. The highest BCUT2D eigenvalue weighted by Crippen LogP contribution is 2.20. The number of hydrogen-bond acceptors (Lipinski definition) is 2. The van der Waals surface area contributed by atoms with E-state index in [1.54, 1.807) is 0 Å². The summed E-state index contributed by atoms with van der Waals surface area (Å²) in [6, 6.07) is 0.0783. The Balaban J connectivity index is 2.44. The van der Waals surface area contributed by atoms with Gasteiger partial charge in [-0.25, -0.2) is 0 Å². The minimum absolute atomic E-state index is 0.0783. The predicted molar refractivity (Wildman–Crippen MR) is 53.2 cm³/mol. The van der Waals surface area contributed by atoms with E-state index in [4.69, 9.17) is 5.73 Å². The van der Waals surface area contributed by atoms with Crippen LogP contribution in [0.1, 0.15) is 33.6 Å². The molecule has 13 heavy (non-hydrogen) atoms. The molecule has 0 spiro atoms. The van der Waals surface area contributed by atoms with Gasteiger partial charge in [0.15, 0.2) is 0 Å². The number of nitrogens with zero attached hydrogens (tertiary/aromatic N) is 1. The number of hydrogen-bond donors (Lipinski definition) is 1. The number of carbonyl (C=O) groups is 1. The normalized spacial score (nSPS) is 20.9. The Labute approximate surface area is 80.3 Å². The van der Waals surface area contributed by atoms with Crippen molar-refractivity contribution >= 4 is 5.91 Å². The summed E-state index contributed by atoms with van der Waals surface area (Å²) < 4.78 is 0. The Morgan fingerprint density at radius 1 is 1.54 bits per heavy atom. The summed E-state index contributed by atoms with van der Waals surface area (Å²) in [6.45, 7) is 7.93. The quantitative estimate of drug-likeness (QED) is 0.695. The maximum Gasteiger partial charge on any atom is 0.222 e. The van der Waals surface area contributed by atoms with Crippen molar-refractivity contribution < 1.29 is 4.79 Å². The van der Waals surface area contributed by atoms with E-state index < -0.39 is 0 Å². The van der Waals surface area contributed by atoms with Gasteiger partial charge in [0, 0.05) is 25.6 Å². The second-order valence-electron chi connectivity index (χ2n) is 4.92. The lowest BCUT2D eigenvalue weighted by atomic mass is 9.87. The van der Waals surface area contributed by atoms with E-state index in [0.29, 0.717) is 13.0 Å². The fraction of sp³-hybridized carbons (Fsp3) is 0.900. The summed E-state index contributed by atoms with van der Waals surface area (Å²) in [5.41, 5.74) is 6.09. The molecule has 3 heteroatoms. The first-order valence-corrected chi connectivity index (χ1v) is 4.94. The highest BCUT2D eigenvalue weighted by molar-refractivity contribution is 5.78. The van der Waals surface area contributed by atoms with Gasteiger partial charge in [0.1, 0.15) is 0 Å². The zero-order valence-corrected chi connectivity index (χ0v) is 8.84. The van der Waals surface area contributed by atoms with E-state index in [2.05, 4.69) is 20.8 Å². The van der Waals surface area contributed by atoms with Gasteiger partial charge in [0.2, 0.25) is 5.91 Å². The topological polar surface area (TPSA) is 46.3 Å². The summed E-state index contributed by atoms with van der Waals surface area (Å²) >= 11 is 0. The summed E-state index contributed by atoms with van der Waals surface area (Å²) in [5, 5.41) is 0. The molecule has 0 aliphatic carbocycles. The van der Waals surface area contributed by atoms with Crippen LogP contribution in [0.25, 0.3) is 0 Å². The Bertz CT molecular complexity index is 196. The SMILES string of the molecule is CC(C)(C)[C@H](N)CN1CCCC1=O. The molecule has 2 N–H and O–H groups in total. The van der Waals surface area contributed by atoms with Crippen molar-refractivity contribution in [3.8, 4) is 0 Å². The second kappa shape index (κ2) is 3.66. The van der Waals surface area contributed by atoms with E-state index in [-0.39, 0.29) is 17.4 Å². The minimum atomic E-state index is 0.0783. The van der Waals surface area contributed by atoms with Gasteiger partial charge in [-0.2, -0.15) is 0 Å². The lowest BCUT2D eigenvalue weighted by molar-refractivity contribution is -0.128. The average Bonchev–Trinajstić information content (AvgIpc) is 2.34. The fourth-order valence-corrected chi connectivity index (χ4v) is 1.41. The third-order valence-corrected chi connectivity index (χ3v) is 2.70. The lowest BCUT2D eigenvalue weighted by Gasteiger charge is -2.30. The Morgan fingerprint density at radius 3 is 2.54 bits per heavy atom. The van der Waals surface area contributed by atoms with E-state index in [9.17, 15) is 4.79 Å². The standard InChI is InChI=1S/C10H20N2O/c1-10(2,3)8(11)7-12-6-4-5-9(12)13/h8H,4-7,11H2,1-3H3/t8-/m1/s1. The van der Waals surface area contributed by atoms with Crippen molar-refractivity contribution in [2.45, 2.75) is 39.7 Å². The number of nitrogens with two attached hydrogens (primary N) is 1. The van der Waals surface area contributed by atoms with Crippen LogP contribution in [0.5, 0.6) is 0 Å². The van der Waals surface area contributed by atoms with Gasteiger partial charge in [-0.3, -0.25) is 4.79 Å². The second-order valence-corrected chi connectivity index (χ2v) is 4.92. The van der Waals surface area contributed by atoms with E-state index in [0.717, 1.165) is 13.0 Å². The minimum Gasteiger partial charge on any atom is -0.341 e. The zero-order chi connectivity index (χ0) is 10.1. The molecule has 1 saturated heterocycles. The van der Waals surface area contributed by atoms with Crippen LogP contribution in [-0.4, -0.2) is 29.9 Å². The summed E-state index contributed by atoms with van der Waals surface area (Å²) in [6.07, 6.45) is 1.70. The molecule has 3 nitrogen and oxygen atoms in total. The van der Waals surface area contributed by atoms with Crippen LogP contribution >= 0.6 is 0 Å². The van der Waals surface area contributed by atoms with E-state index in [1.807, 2.05) is 4.90 Å². The summed E-state index contributed by atoms with van der Waals surface area (Å²) in [7, 11) is 0. The molecule has 1 fully saturated rings. The Morgan fingerprint density at radius 2 is 2.15 bits per heavy atom. The molecule has 0 aromatic heterocycles. The van der Waals surface area contributed by atoms with Gasteiger partial charge in [-0.1, -0.05) is 20.8 Å². The van der Waals surface area contributed by atoms with Crippen molar-refractivity contribution in [3.63, 3.8) is 0 Å². The monoisotopic (exact) mass is 184 g/mol. The molecule has 0 radical (unpaired) electrons. The highest BCUT2D eigenvalue weighted by Gasteiger charge is 2.27. The van der Waals surface area contributed by atoms with Crippen LogP contribution in [-0.2, 0) is 4.79 Å². The molecular weight excluding hydrogens is 164 g/mol. The molecule has 0 unspecified atom stereocenters. The molecule has 1 atom stereocenters. The highest BCUT2D eigenvalue weighted by atomic mass is 16.2. The van der Waals surface area contributed by atoms with Crippen molar-refractivity contribution in [3.05, 3.63) is 0 Å². The number of amides is 1. The van der Waals surface area contributed by atoms with Gasteiger partial charge in [0.05, 0.1) is 0 Å². The van der Waals surface area contributed by atoms with Crippen LogP contribution in [0.4, 0.5) is 0 Å². The molecule has 1 amide bonds. The van der Waals surface area contributed by atoms with Crippen molar-refractivity contribution in [2.24, 2.45) is 11.1 Å². The molecule has 1 aliphatic heterocycles.